The molecule has 0 atom stereocenters. The summed E-state index contributed by atoms with van der Waals surface area (Å²) in [7, 11) is 0. The van der Waals surface area contributed by atoms with Crippen LogP contribution in [-0.2, 0) is 0 Å². The molecule has 0 unspecified atom stereocenters. The van der Waals surface area contributed by atoms with Gasteiger partial charge < -0.3 is 0 Å². The molecule has 0 aliphatic heterocycles. The normalized spacial score (nSPS) is 8.90. The predicted octanol–water partition coefficient (Wildman–Crippen LogP) is 1.84. The average Bonchev–Trinajstić information content (AvgIpc) is 2.03. The molecule has 0 heterocycles. The zero-order valence-electron chi connectivity index (χ0n) is 6.38. The Morgan fingerprint density at radius 2 is 1.90 bits per heavy atom. The van der Waals surface area contributed by atoms with Crippen molar-refractivity contribution in [3.05, 3.63) is 30.3 Å². The van der Waals surface area contributed by atoms with Crippen molar-refractivity contribution in [3.8, 4) is 0 Å². The van der Waals surface area contributed by atoms with Gasteiger partial charge in [0.25, 0.3) is 0 Å². The summed E-state index contributed by atoms with van der Waals surface area (Å²) >= 11 is 0.547. The molecule has 10 heavy (non-hydrogen) atoms. The fourth-order valence-electron chi connectivity index (χ4n) is 0.900. The Morgan fingerprint density at radius 1 is 1.20 bits per heavy atom. The monoisotopic (exact) mass is 147 g/mol. The first-order valence-electron chi connectivity index (χ1n) is 3.81. The van der Waals surface area contributed by atoms with Crippen LogP contribution >= 0.6 is 0 Å². The molecule has 50 valence electrons. The standard InChI is InChI=1S/C6H5.C3H7.Al/c1-2-4-6-5-3-1;1-3-2;/h1-5H;1,3H2,2H3;/q;;+1. The molecule has 0 bridgehead atoms. The van der Waals surface area contributed by atoms with Gasteiger partial charge in [-0.05, 0) is 0 Å². The third-order valence-electron chi connectivity index (χ3n) is 1.47. The van der Waals surface area contributed by atoms with E-state index >= 15 is 0 Å². The van der Waals surface area contributed by atoms with Crippen LogP contribution < -0.4 is 4.43 Å². The van der Waals surface area contributed by atoms with Crippen molar-refractivity contribution in [3.63, 3.8) is 0 Å². The van der Waals surface area contributed by atoms with Crippen molar-refractivity contribution in [2.45, 2.75) is 18.6 Å². The quantitative estimate of drug-likeness (QED) is 0.572. The fourth-order valence-corrected chi connectivity index (χ4v) is 2.02. The van der Waals surface area contributed by atoms with Gasteiger partial charge >= 0.3 is 68.6 Å². The Bertz CT molecular complexity index is 169. The molecular formula is C9H12Al+. The van der Waals surface area contributed by atoms with E-state index < -0.39 is 0 Å². The van der Waals surface area contributed by atoms with E-state index in [0.717, 1.165) is 0 Å². The number of hydrogen-bond donors (Lipinski definition) is 0. The van der Waals surface area contributed by atoms with Crippen LogP contribution in [0.25, 0.3) is 0 Å². The topological polar surface area (TPSA) is 0 Å². The summed E-state index contributed by atoms with van der Waals surface area (Å²) in [5.74, 6) is 0. The van der Waals surface area contributed by atoms with E-state index in [2.05, 4.69) is 37.3 Å². The number of rotatable bonds is 3. The first kappa shape index (κ1) is 7.86. The van der Waals surface area contributed by atoms with Gasteiger partial charge in [0.05, 0.1) is 0 Å². The zero-order valence-corrected chi connectivity index (χ0v) is 7.53. The molecule has 0 aliphatic rings. The maximum atomic E-state index is 2.25. The maximum absolute atomic E-state index is 2.25. The van der Waals surface area contributed by atoms with E-state index in [1.54, 1.807) is 4.43 Å². The molecule has 0 aliphatic carbocycles. The van der Waals surface area contributed by atoms with Crippen molar-refractivity contribution in [2.24, 2.45) is 0 Å². The molecule has 0 saturated heterocycles. The molecule has 0 N–H and O–H groups in total. The van der Waals surface area contributed by atoms with Crippen molar-refractivity contribution in [2.75, 3.05) is 0 Å². The summed E-state index contributed by atoms with van der Waals surface area (Å²) in [5, 5.41) is 1.39. The van der Waals surface area contributed by atoms with Crippen molar-refractivity contribution in [1.29, 1.82) is 0 Å². The van der Waals surface area contributed by atoms with Gasteiger partial charge in [0, 0.05) is 0 Å². The summed E-state index contributed by atoms with van der Waals surface area (Å²) < 4.78 is 1.55. The minimum absolute atomic E-state index is 0.547. The predicted molar refractivity (Wildman–Crippen MR) is 46.9 cm³/mol. The summed E-state index contributed by atoms with van der Waals surface area (Å²) in [6.07, 6.45) is 1.32. The van der Waals surface area contributed by atoms with Crippen molar-refractivity contribution >= 4 is 19.6 Å². The van der Waals surface area contributed by atoms with E-state index in [9.17, 15) is 0 Å². The van der Waals surface area contributed by atoms with Crippen molar-refractivity contribution < 1.29 is 0 Å². The molecule has 1 rings (SSSR count). The van der Waals surface area contributed by atoms with Crippen LogP contribution in [0.2, 0.25) is 5.28 Å². The molecule has 0 radical (unpaired) electrons. The van der Waals surface area contributed by atoms with E-state index in [1.807, 2.05) is 0 Å². The first-order valence-corrected chi connectivity index (χ1v) is 5.21. The Kier molecular flexibility index (Phi) is 3.57. The summed E-state index contributed by atoms with van der Waals surface area (Å²) in [6, 6.07) is 10.8. The van der Waals surface area contributed by atoms with Gasteiger partial charge in [-0.15, -0.1) is 0 Å². The van der Waals surface area contributed by atoms with Gasteiger partial charge in [-0.3, -0.25) is 0 Å². The molecule has 1 heteroatoms. The van der Waals surface area contributed by atoms with Gasteiger partial charge in [0.15, 0.2) is 0 Å². The Labute approximate surface area is 69.0 Å². The number of benzene rings is 1. The third kappa shape index (κ3) is 2.56. The van der Waals surface area contributed by atoms with Gasteiger partial charge in [-0.2, -0.15) is 0 Å². The molecule has 1 aromatic carbocycles. The molecule has 1 aromatic rings. The second kappa shape index (κ2) is 4.55. The average molecular weight is 147 g/mol. The molecule has 0 spiro atoms. The second-order valence-electron chi connectivity index (χ2n) is 2.40. The van der Waals surface area contributed by atoms with Crippen LogP contribution in [0.5, 0.6) is 0 Å². The molecule has 0 aromatic heterocycles. The van der Waals surface area contributed by atoms with Crippen LogP contribution in [0.3, 0.4) is 0 Å². The van der Waals surface area contributed by atoms with Crippen LogP contribution in [0, 0.1) is 0 Å². The van der Waals surface area contributed by atoms with E-state index in [1.165, 1.54) is 11.7 Å². The van der Waals surface area contributed by atoms with Crippen LogP contribution in [0.1, 0.15) is 13.3 Å². The van der Waals surface area contributed by atoms with Gasteiger partial charge in [-0.25, -0.2) is 0 Å². The van der Waals surface area contributed by atoms with Crippen LogP contribution in [0.4, 0.5) is 0 Å². The molecule has 0 fully saturated rings. The number of hydrogen-bond acceptors (Lipinski definition) is 0. The Morgan fingerprint density at radius 3 is 2.50 bits per heavy atom. The summed E-state index contributed by atoms with van der Waals surface area (Å²) in [5.41, 5.74) is 0. The summed E-state index contributed by atoms with van der Waals surface area (Å²) in [4.78, 5) is 0. The first-order chi connectivity index (χ1) is 4.93. The van der Waals surface area contributed by atoms with Gasteiger partial charge in [0.1, 0.15) is 0 Å². The van der Waals surface area contributed by atoms with E-state index in [4.69, 9.17) is 0 Å². The minimum atomic E-state index is 0.547. The van der Waals surface area contributed by atoms with Crippen molar-refractivity contribution in [1.82, 2.24) is 0 Å². The zero-order chi connectivity index (χ0) is 7.23. The van der Waals surface area contributed by atoms with Gasteiger partial charge in [-0.1, -0.05) is 0 Å². The molecular weight excluding hydrogens is 135 g/mol. The fraction of sp³-hybridized carbons (Fsp3) is 0.333. The van der Waals surface area contributed by atoms with Gasteiger partial charge in [0.2, 0.25) is 0 Å². The SMILES string of the molecule is CC[CH2][Al+][c]1ccccc1. The molecule has 0 saturated carbocycles. The van der Waals surface area contributed by atoms with Crippen LogP contribution in [-0.4, -0.2) is 15.2 Å². The van der Waals surface area contributed by atoms with Crippen LogP contribution in [0.15, 0.2) is 30.3 Å². The summed E-state index contributed by atoms with van der Waals surface area (Å²) in [6.45, 7) is 2.25. The third-order valence-corrected chi connectivity index (χ3v) is 3.19. The Balaban J connectivity index is 2.43. The molecule has 0 nitrogen and oxygen atoms in total. The Hall–Kier alpha value is -0.248. The second-order valence-corrected chi connectivity index (χ2v) is 4.06. The van der Waals surface area contributed by atoms with E-state index in [-0.39, 0.29) is 0 Å². The molecule has 0 amide bonds. The van der Waals surface area contributed by atoms with E-state index in [0.29, 0.717) is 15.2 Å².